The SMILES string of the molecule is Cc1ccn(CC2CCCNC2)c(=O)c1C(=O)N(C)Cc1ccc2nonc2c1. The zero-order valence-corrected chi connectivity index (χ0v) is 16.7. The van der Waals surface area contributed by atoms with E-state index in [2.05, 4.69) is 15.6 Å². The lowest BCUT2D eigenvalue weighted by molar-refractivity contribution is 0.0781. The van der Waals surface area contributed by atoms with Crippen molar-refractivity contribution >= 4 is 16.9 Å². The van der Waals surface area contributed by atoms with Crippen LogP contribution in [0.4, 0.5) is 0 Å². The number of benzene rings is 1. The topological polar surface area (TPSA) is 93.3 Å². The van der Waals surface area contributed by atoms with Crippen molar-refractivity contribution in [3.63, 3.8) is 0 Å². The van der Waals surface area contributed by atoms with Crippen LogP contribution in [0.15, 0.2) is 39.9 Å². The first-order valence-corrected chi connectivity index (χ1v) is 9.90. The minimum Gasteiger partial charge on any atom is -0.337 e. The molecular formula is C21H25N5O3. The third-order valence-corrected chi connectivity index (χ3v) is 5.53. The molecule has 0 aliphatic carbocycles. The van der Waals surface area contributed by atoms with E-state index in [1.54, 1.807) is 28.8 Å². The summed E-state index contributed by atoms with van der Waals surface area (Å²) in [7, 11) is 1.70. The lowest BCUT2D eigenvalue weighted by atomic mass is 9.99. The van der Waals surface area contributed by atoms with Crippen molar-refractivity contribution in [3.8, 4) is 0 Å². The Hall–Kier alpha value is -3.00. The number of fused-ring (bicyclic) bond motifs is 1. The average Bonchev–Trinajstić information content (AvgIpc) is 3.19. The quantitative estimate of drug-likeness (QED) is 0.710. The van der Waals surface area contributed by atoms with E-state index in [1.165, 1.54) is 0 Å². The molecule has 2 aromatic heterocycles. The van der Waals surface area contributed by atoms with Crippen LogP contribution in [0.3, 0.4) is 0 Å². The van der Waals surface area contributed by atoms with E-state index in [0.29, 0.717) is 35.6 Å². The molecule has 1 amide bonds. The number of pyridine rings is 1. The monoisotopic (exact) mass is 395 g/mol. The summed E-state index contributed by atoms with van der Waals surface area (Å²) in [6.45, 7) is 4.74. The predicted molar refractivity (Wildman–Crippen MR) is 109 cm³/mol. The molecule has 4 rings (SSSR count). The molecule has 1 aromatic carbocycles. The molecule has 29 heavy (non-hydrogen) atoms. The van der Waals surface area contributed by atoms with Gasteiger partial charge in [0.15, 0.2) is 0 Å². The van der Waals surface area contributed by atoms with E-state index in [-0.39, 0.29) is 17.0 Å². The zero-order chi connectivity index (χ0) is 20.4. The predicted octanol–water partition coefficient (Wildman–Crippen LogP) is 1.96. The van der Waals surface area contributed by atoms with Crippen LogP contribution >= 0.6 is 0 Å². The molecule has 152 valence electrons. The Kier molecular flexibility index (Phi) is 5.44. The van der Waals surface area contributed by atoms with Gasteiger partial charge in [-0.15, -0.1) is 0 Å². The Labute approximate surface area is 168 Å². The van der Waals surface area contributed by atoms with Crippen LogP contribution < -0.4 is 10.9 Å². The van der Waals surface area contributed by atoms with Crippen molar-refractivity contribution in [1.29, 1.82) is 0 Å². The van der Waals surface area contributed by atoms with Crippen LogP contribution in [0.2, 0.25) is 0 Å². The van der Waals surface area contributed by atoms with Gasteiger partial charge in [-0.3, -0.25) is 9.59 Å². The van der Waals surface area contributed by atoms with Gasteiger partial charge in [0, 0.05) is 26.3 Å². The Bertz CT molecular complexity index is 1080. The minimum absolute atomic E-state index is 0.219. The molecular weight excluding hydrogens is 370 g/mol. The summed E-state index contributed by atoms with van der Waals surface area (Å²) in [5.41, 5.74) is 2.92. The van der Waals surface area contributed by atoms with Crippen LogP contribution in [0, 0.1) is 12.8 Å². The molecule has 8 heteroatoms. The third kappa shape index (κ3) is 4.07. The second kappa shape index (κ2) is 8.16. The maximum absolute atomic E-state index is 13.1. The Morgan fingerprint density at radius 1 is 1.31 bits per heavy atom. The van der Waals surface area contributed by atoms with Gasteiger partial charge >= 0.3 is 0 Å². The molecule has 0 spiro atoms. The molecule has 3 heterocycles. The third-order valence-electron chi connectivity index (χ3n) is 5.53. The van der Waals surface area contributed by atoms with Crippen LogP contribution in [0.25, 0.3) is 11.0 Å². The van der Waals surface area contributed by atoms with Crippen molar-refractivity contribution in [3.05, 3.63) is 57.5 Å². The summed E-state index contributed by atoms with van der Waals surface area (Å²) < 4.78 is 6.40. The number of nitrogens with one attached hydrogen (secondary N) is 1. The van der Waals surface area contributed by atoms with Crippen LogP contribution in [-0.2, 0) is 13.1 Å². The van der Waals surface area contributed by atoms with Crippen molar-refractivity contribution in [1.82, 2.24) is 25.1 Å². The fourth-order valence-electron chi connectivity index (χ4n) is 3.89. The number of aromatic nitrogens is 3. The summed E-state index contributed by atoms with van der Waals surface area (Å²) >= 11 is 0. The summed E-state index contributed by atoms with van der Waals surface area (Å²) in [6.07, 6.45) is 4.01. The Morgan fingerprint density at radius 3 is 2.93 bits per heavy atom. The first-order chi connectivity index (χ1) is 14.0. The highest BCUT2D eigenvalue weighted by atomic mass is 16.6. The Morgan fingerprint density at radius 2 is 2.14 bits per heavy atom. The molecule has 1 unspecified atom stereocenters. The summed E-state index contributed by atoms with van der Waals surface area (Å²) in [5.74, 6) is 0.134. The van der Waals surface area contributed by atoms with E-state index < -0.39 is 0 Å². The van der Waals surface area contributed by atoms with Crippen LogP contribution in [-0.4, -0.2) is 45.8 Å². The zero-order valence-electron chi connectivity index (χ0n) is 16.7. The summed E-state index contributed by atoms with van der Waals surface area (Å²) in [5, 5.41) is 11.0. The Balaban J connectivity index is 1.54. The van der Waals surface area contributed by atoms with Gasteiger partial charge in [0.05, 0.1) is 0 Å². The van der Waals surface area contributed by atoms with Gasteiger partial charge < -0.3 is 14.8 Å². The molecule has 0 radical (unpaired) electrons. The van der Waals surface area contributed by atoms with Gasteiger partial charge in [0.1, 0.15) is 16.6 Å². The van der Waals surface area contributed by atoms with Crippen molar-refractivity contribution in [2.45, 2.75) is 32.9 Å². The standard InChI is InChI=1S/C21H25N5O3/c1-14-7-9-26(13-16-4-3-8-22-11-16)21(28)19(14)20(27)25(2)12-15-5-6-17-18(10-15)24-29-23-17/h5-7,9-10,16,22H,3-4,8,11-13H2,1-2H3. The van der Waals surface area contributed by atoms with Gasteiger partial charge in [-0.25, -0.2) is 4.63 Å². The first kappa shape index (κ1) is 19.3. The average molecular weight is 395 g/mol. The van der Waals surface area contributed by atoms with E-state index in [9.17, 15) is 9.59 Å². The highest BCUT2D eigenvalue weighted by Gasteiger charge is 2.21. The fraction of sp³-hybridized carbons (Fsp3) is 0.429. The second-order valence-electron chi connectivity index (χ2n) is 7.79. The molecule has 1 fully saturated rings. The van der Waals surface area contributed by atoms with E-state index in [1.807, 2.05) is 25.1 Å². The van der Waals surface area contributed by atoms with Crippen molar-refractivity contribution in [2.75, 3.05) is 20.1 Å². The molecule has 1 aliphatic heterocycles. The number of rotatable bonds is 5. The van der Waals surface area contributed by atoms with Crippen LogP contribution in [0.5, 0.6) is 0 Å². The number of nitrogens with zero attached hydrogens (tertiary/aromatic N) is 4. The fourth-order valence-corrected chi connectivity index (χ4v) is 3.89. The molecule has 1 saturated heterocycles. The second-order valence-corrected chi connectivity index (χ2v) is 7.79. The van der Waals surface area contributed by atoms with E-state index in [4.69, 9.17) is 4.63 Å². The van der Waals surface area contributed by atoms with E-state index in [0.717, 1.165) is 31.5 Å². The number of aryl methyl sites for hydroxylation is 1. The van der Waals surface area contributed by atoms with Crippen molar-refractivity contribution in [2.24, 2.45) is 5.92 Å². The lowest BCUT2D eigenvalue weighted by Gasteiger charge is -2.24. The molecule has 1 atom stereocenters. The molecule has 3 aromatic rings. The van der Waals surface area contributed by atoms with Gasteiger partial charge in [-0.2, -0.15) is 0 Å². The molecule has 0 saturated carbocycles. The maximum atomic E-state index is 13.1. The largest absolute Gasteiger partial charge is 0.337 e. The highest BCUT2D eigenvalue weighted by Crippen LogP contribution is 2.16. The lowest BCUT2D eigenvalue weighted by Crippen LogP contribution is -2.38. The number of piperidine rings is 1. The number of hydrogen-bond donors (Lipinski definition) is 1. The normalized spacial score (nSPS) is 16.8. The first-order valence-electron chi connectivity index (χ1n) is 9.90. The minimum atomic E-state index is -0.276. The molecule has 0 bridgehead atoms. The van der Waals surface area contributed by atoms with Gasteiger partial charge in [0.2, 0.25) is 0 Å². The summed E-state index contributed by atoms with van der Waals surface area (Å²) in [4.78, 5) is 27.7. The number of carbonyl (C=O) groups excluding carboxylic acids is 1. The van der Waals surface area contributed by atoms with E-state index >= 15 is 0 Å². The highest BCUT2D eigenvalue weighted by molar-refractivity contribution is 5.95. The van der Waals surface area contributed by atoms with Crippen molar-refractivity contribution < 1.29 is 9.42 Å². The smallest absolute Gasteiger partial charge is 0.263 e. The molecule has 8 nitrogen and oxygen atoms in total. The number of amides is 1. The maximum Gasteiger partial charge on any atom is 0.263 e. The number of carbonyl (C=O) groups is 1. The molecule has 1 N–H and O–H groups in total. The summed E-state index contributed by atoms with van der Waals surface area (Å²) in [6, 6.07) is 7.37. The number of hydrogen-bond acceptors (Lipinski definition) is 6. The van der Waals surface area contributed by atoms with Gasteiger partial charge in [-0.05, 0) is 78.4 Å². The molecule has 1 aliphatic rings. The van der Waals surface area contributed by atoms with Gasteiger partial charge in [0.25, 0.3) is 11.5 Å². The van der Waals surface area contributed by atoms with Crippen LogP contribution in [0.1, 0.15) is 34.3 Å². The van der Waals surface area contributed by atoms with Gasteiger partial charge in [-0.1, -0.05) is 6.07 Å².